The van der Waals surface area contributed by atoms with Gasteiger partial charge in [-0.05, 0) is 12.1 Å². The third kappa shape index (κ3) is 1.39. The van der Waals surface area contributed by atoms with Crippen molar-refractivity contribution in [3.63, 3.8) is 0 Å². The molecule has 1 aromatic carbocycles. The lowest BCUT2D eigenvalue weighted by molar-refractivity contribution is 0.617. The Morgan fingerprint density at radius 1 is 1.50 bits per heavy atom. The second-order valence-corrected chi connectivity index (χ2v) is 2.25. The van der Waals surface area contributed by atoms with Gasteiger partial charge in [0.05, 0.1) is 5.88 Å². The Kier molecular flexibility index (Phi) is 2.12. The molecule has 0 spiro atoms. The van der Waals surface area contributed by atoms with E-state index in [1.54, 1.807) is 12.1 Å². The second-order valence-electron chi connectivity index (χ2n) is 1.98. The predicted molar refractivity (Wildman–Crippen MR) is 40.4 cm³/mol. The Balaban J connectivity index is 3.07. The average molecular weight is 160 g/mol. The summed E-state index contributed by atoms with van der Waals surface area (Å²) >= 11 is 5.40. The number of alkyl halides is 1. The lowest BCUT2D eigenvalue weighted by atomic mass is 10.2. The molecular weight excluding hydrogens is 153 g/mol. The zero-order valence-electron chi connectivity index (χ0n) is 5.27. The van der Waals surface area contributed by atoms with Gasteiger partial charge < -0.3 is 5.73 Å². The summed E-state index contributed by atoms with van der Waals surface area (Å²) in [4.78, 5) is 0. The number of rotatable bonds is 1. The van der Waals surface area contributed by atoms with Crippen molar-refractivity contribution in [1.29, 1.82) is 0 Å². The molecule has 10 heavy (non-hydrogen) atoms. The summed E-state index contributed by atoms with van der Waals surface area (Å²) in [6.07, 6.45) is 0. The van der Waals surface area contributed by atoms with Crippen molar-refractivity contribution < 1.29 is 4.39 Å². The Morgan fingerprint density at radius 2 is 2.20 bits per heavy atom. The Hall–Kier alpha value is -0.760. The first kappa shape index (κ1) is 7.35. The number of nitrogens with two attached hydrogens (primary N) is 1. The van der Waals surface area contributed by atoms with Crippen LogP contribution in [0.4, 0.5) is 10.1 Å². The van der Waals surface area contributed by atoms with Gasteiger partial charge in [-0.15, -0.1) is 11.6 Å². The van der Waals surface area contributed by atoms with Gasteiger partial charge in [0.1, 0.15) is 5.82 Å². The van der Waals surface area contributed by atoms with Gasteiger partial charge in [0.15, 0.2) is 0 Å². The highest BCUT2D eigenvalue weighted by atomic mass is 35.5. The van der Waals surface area contributed by atoms with Gasteiger partial charge in [0, 0.05) is 11.3 Å². The molecule has 0 aliphatic heterocycles. The monoisotopic (exact) mass is 159 g/mol. The zero-order valence-corrected chi connectivity index (χ0v) is 6.03. The molecule has 0 unspecified atom stereocenters. The van der Waals surface area contributed by atoms with Crippen LogP contribution in [0.15, 0.2) is 18.2 Å². The minimum Gasteiger partial charge on any atom is -0.399 e. The van der Waals surface area contributed by atoms with Crippen LogP contribution in [0.1, 0.15) is 5.56 Å². The molecule has 0 fully saturated rings. The van der Waals surface area contributed by atoms with E-state index in [0.717, 1.165) is 0 Å². The Bertz CT molecular complexity index is 237. The average Bonchev–Trinajstić information content (AvgIpc) is 1.88. The molecule has 1 rings (SSSR count). The minimum absolute atomic E-state index is 0.187. The van der Waals surface area contributed by atoms with Gasteiger partial charge in [-0.25, -0.2) is 4.39 Å². The molecule has 0 aliphatic rings. The van der Waals surface area contributed by atoms with Gasteiger partial charge in [0.2, 0.25) is 0 Å². The van der Waals surface area contributed by atoms with Crippen molar-refractivity contribution in [2.45, 2.75) is 5.88 Å². The van der Waals surface area contributed by atoms with Crippen molar-refractivity contribution >= 4 is 17.3 Å². The number of nitrogen functional groups attached to an aromatic ring is 1. The maximum absolute atomic E-state index is 12.7. The molecule has 0 aromatic heterocycles. The highest BCUT2D eigenvalue weighted by Gasteiger charge is 1.98. The van der Waals surface area contributed by atoms with E-state index in [4.69, 9.17) is 17.3 Å². The van der Waals surface area contributed by atoms with E-state index in [2.05, 4.69) is 0 Å². The zero-order chi connectivity index (χ0) is 7.56. The summed E-state index contributed by atoms with van der Waals surface area (Å²) in [7, 11) is 0. The fraction of sp³-hybridized carbons (Fsp3) is 0.143. The van der Waals surface area contributed by atoms with E-state index in [1.165, 1.54) is 6.07 Å². The van der Waals surface area contributed by atoms with Gasteiger partial charge in [-0.2, -0.15) is 0 Å². The second kappa shape index (κ2) is 2.88. The van der Waals surface area contributed by atoms with Gasteiger partial charge >= 0.3 is 0 Å². The van der Waals surface area contributed by atoms with E-state index in [1.807, 2.05) is 0 Å². The standard InChI is InChI=1S/C7H7ClFN/c8-4-5-1-2-6(10)3-7(5)9/h1-3H,4,10H2. The minimum atomic E-state index is -0.338. The molecule has 0 aliphatic carbocycles. The van der Waals surface area contributed by atoms with Crippen molar-refractivity contribution in [3.8, 4) is 0 Å². The molecule has 0 atom stereocenters. The Morgan fingerprint density at radius 3 is 2.70 bits per heavy atom. The lowest BCUT2D eigenvalue weighted by Crippen LogP contribution is -1.89. The third-order valence-electron chi connectivity index (χ3n) is 1.22. The number of hydrogen-bond donors (Lipinski definition) is 1. The summed E-state index contributed by atoms with van der Waals surface area (Å²) in [5, 5.41) is 0. The first-order chi connectivity index (χ1) is 4.74. The SMILES string of the molecule is Nc1ccc(CCl)c(F)c1. The smallest absolute Gasteiger partial charge is 0.129 e. The summed E-state index contributed by atoms with van der Waals surface area (Å²) in [6, 6.07) is 4.47. The van der Waals surface area contributed by atoms with E-state index >= 15 is 0 Å². The van der Waals surface area contributed by atoms with Crippen molar-refractivity contribution in [3.05, 3.63) is 29.6 Å². The molecule has 0 saturated carbocycles. The molecule has 0 saturated heterocycles. The maximum Gasteiger partial charge on any atom is 0.129 e. The molecule has 1 nitrogen and oxygen atoms in total. The molecule has 1 aromatic rings. The van der Waals surface area contributed by atoms with Crippen LogP contribution in [0, 0.1) is 5.82 Å². The van der Waals surface area contributed by atoms with Crippen molar-refractivity contribution in [1.82, 2.24) is 0 Å². The summed E-state index contributed by atoms with van der Waals surface area (Å²) in [5.74, 6) is -0.151. The normalized spacial score (nSPS) is 9.80. The Labute approximate surface area is 63.6 Å². The van der Waals surface area contributed by atoms with Crippen molar-refractivity contribution in [2.24, 2.45) is 0 Å². The van der Waals surface area contributed by atoms with Crippen molar-refractivity contribution in [2.75, 3.05) is 5.73 Å². The van der Waals surface area contributed by atoms with Crippen LogP contribution in [0.3, 0.4) is 0 Å². The van der Waals surface area contributed by atoms with Crippen LogP contribution in [-0.4, -0.2) is 0 Å². The molecule has 0 radical (unpaired) electrons. The lowest BCUT2D eigenvalue weighted by Gasteiger charge is -1.97. The van der Waals surface area contributed by atoms with E-state index < -0.39 is 0 Å². The van der Waals surface area contributed by atoms with E-state index in [0.29, 0.717) is 11.3 Å². The summed E-state index contributed by atoms with van der Waals surface area (Å²) in [6.45, 7) is 0. The predicted octanol–water partition coefficient (Wildman–Crippen LogP) is 2.15. The number of anilines is 1. The van der Waals surface area contributed by atoms with Gasteiger partial charge in [0.25, 0.3) is 0 Å². The third-order valence-corrected chi connectivity index (χ3v) is 1.51. The largest absolute Gasteiger partial charge is 0.399 e. The van der Waals surface area contributed by atoms with Gasteiger partial charge in [-0.1, -0.05) is 6.07 Å². The van der Waals surface area contributed by atoms with E-state index in [9.17, 15) is 4.39 Å². The number of halogens is 2. The fourth-order valence-electron chi connectivity index (χ4n) is 0.672. The quantitative estimate of drug-likeness (QED) is 0.493. The van der Waals surface area contributed by atoms with E-state index in [-0.39, 0.29) is 11.7 Å². The molecule has 0 amide bonds. The molecule has 3 heteroatoms. The number of benzene rings is 1. The van der Waals surface area contributed by atoms with Crippen LogP contribution in [0.25, 0.3) is 0 Å². The highest BCUT2D eigenvalue weighted by molar-refractivity contribution is 6.17. The topological polar surface area (TPSA) is 26.0 Å². The summed E-state index contributed by atoms with van der Waals surface area (Å²) in [5.41, 5.74) is 6.20. The van der Waals surface area contributed by atoms with Crippen LogP contribution in [-0.2, 0) is 5.88 Å². The molecule has 0 heterocycles. The van der Waals surface area contributed by atoms with Crippen LogP contribution in [0.2, 0.25) is 0 Å². The first-order valence-electron chi connectivity index (χ1n) is 2.84. The summed E-state index contributed by atoms with van der Waals surface area (Å²) < 4.78 is 12.7. The van der Waals surface area contributed by atoms with Crippen LogP contribution >= 0.6 is 11.6 Å². The molecule has 54 valence electrons. The molecular formula is C7H7ClFN. The van der Waals surface area contributed by atoms with Gasteiger partial charge in [-0.3, -0.25) is 0 Å². The fourth-order valence-corrected chi connectivity index (χ4v) is 0.889. The first-order valence-corrected chi connectivity index (χ1v) is 3.37. The maximum atomic E-state index is 12.7. The molecule has 0 bridgehead atoms. The highest BCUT2D eigenvalue weighted by Crippen LogP contribution is 2.13. The molecule has 2 N–H and O–H groups in total. The number of hydrogen-bond acceptors (Lipinski definition) is 1. The van der Waals surface area contributed by atoms with Crippen LogP contribution < -0.4 is 5.73 Å². The van der Waals surface area contributed by atoms with Crippen LogP contribution in [0.5, 0.6) is 0 Å².